The fraction of sp³-hybridized carbons (Fsp3) is 0.938. The Morgan fingerprint density at radius 3 is 2.84 bits per heavy atom. The first-order valence-electron chi connectivity index (χ1n) is 7.74. The lowest BCUT2D eigenvalue weighted by Crippen LogP contribution is -2.51. The first kappa shape index (κ1) is 13.4. The van der Waals surface area contributed by atoms with Crippen molar-refractivity contribution >= 4 is 0 Å². The molecule has 106 valence electrons. The number of hydrogen-bond acceptors (Lipinski definition) is 2. The van der Waals surface area contributed by atoms with Crippen molar-refractivity contribution in [3.8, 4) is 0 Å². The zero-order valence-corrected chi connectivity index (χ0v) is 12.3. The van der Waals surface area contributed by atoms with Crippen molar-refractivity contribution in [2.75, 3.05) is 0 Å². The van der Waals surface area contributed by atoms with Crippen molar-refractivity contribution in [2.45, 2.75) is 82.8 Å². The SMILES string of the molecule is [C-]#[N+][C@H](C)C[C@H]1CC[C@@H]2OC3CC2(CC(C)[C@@H]3C)O1. The van der Waals surface area contributed by atoms with Gasteiger partial charge in [0, 0.05) is 19.8 Å². The fourth-order valence-corrected chi connectivity index (χ4v) is 4.31. The van der Waals surface area contributed by atoms with Crippen LogP contribution in [0.15, 0.2) is 0 Å². The van der Waals surface area contributed by atoms with Gasteiger partial charge in [-0.3, -0.25) is 0 Å². The lowest BCUT2D eigenvalue weighted by atomic mass is 9.70. The Morgan fingerprint density at radius 2 is 2.11 bits per heavy atom. The molecule has 3 fully saturated rings. The van der Waals surface area contributed by atoms with Gasteiger partial charge in [-0.15, -0.1) is 0 Å². The largest absolute Gasteiger partial charge is 0.372 e. The molecule has 7 atom stereocenters. The molecule has 0 N–H and O–H groups in total. The Morgan fingerprint density at radius 1 is 1.32 bits per heavy atom. The number of fused-ring (bicyclic) bond motifs is 1. The molecule has 2 bridgehead atoms. The molecule has 3 unspecified atom stereocenters. The van der Waals surface area contributed by atoms with Gasteiger partial charge in [-0.1, -0.05) is 13.8 Å². The van der Waals surface area contributed by atoms with Crippen LogP contribution >= 0.6 is 0 Å². The number of rotatable bonds is 2. The molecule has 2 heterocycles. The molecule has 3 rings (SSSR count). The van der Waals surface area contributed by atoms with Gasteiger partial charge >= 0.3 is 0 Å². The zero-order chi connectivity index (χ0) is 13.6. The molecule has 1 spiro atoms. The summed E-state index contributed by atoms with van der Waals surface area (Å²) in [5, 5.41) is 0. The van der Waals surface area contributed by atoms with E-state index in [1.807, 2.05) is 6.92 Å². The summed E-state index contributed by atoms with van der Waals surface area (Å²) in [4.78, 5) is 3.61. The molecule has 2 aliphatic heterocycles. The van der Waals surface area contributed by atoms with E-state index in [1.54, 1.807) is 0 Å². The lowest BCUT2D eigenvalue weighted by Gasteiger charge is -2.45. The van der Waals surface area contributed by atoms with Gasteiger partial charge < -0.3 is 14.3 Å². The summed E-state index contributed by atoms with van der Waals surface area (Å²) < 4.78 is 12.7. The van der Waals surface area contributed by atoms with Crippen LogP contribution in [0.3, 0.4) is 0 Å². The third kappa shape index (κ3) is 2.19. The fourth-order valence-electron chi connectivity index (χ4n) is 4.31. The summed E-state index contributed by atoms with van der Waals surface area (Å²) in [6.45, 7) is 13.8. The summed E-state index contributed by atoms with van der Waals surface area (Å²) in [5.41, 5.74) is -0.0265. The highest BCUT2D eigenvalue weighted by atomic mass is 16.6. The summed E-state index contributed by atoms with van der Waals surface area (Å²) >= 11 is 0. The van der Waals surface area contributed by atoms with Gasteiger partial charge in [0.25, 0.3) is 0 Å². The maximum Gasteiger partial charge on any atom is 0.223 e. The Balaban J connectivity index is 1.73. The molecule has 1 aliphatic carbocycles. The number of hydrogen-bond donors (Lipinski definition) is 0. The molecule has 1 saturated carbocycles. The van der Waals surface area contributed by atoms with Crippen LogP contribution in [0.5, 0.6) is 0 Å². The molecular formula is C16H25NO2. The summed E-state index contributed by atoms with van der Waals surface area (Å²) in [6, 6.07) is 0.0796. The normalized spacial score (nSPS) is 50.3. The van der Waals surface area contributed by atoms with Gasteiger partial charge in [-0.25, -0.2) is 6.57 Å². The van der Waals surface area contributed by atoms with Crippen molar-refractivity contribution < 1.29 is 9.47 Å². The molecule has 0 aromatic carbocycles. The van der Waals surface area contributed by atoms with E-state index in [9.17, 15) is 0 Å². The van der Waals surface area contributed by atoms with Crippen LogP contribution in [-0.2, 0) is 9.47 Å². The third-order valence-corrected chi connectivity index (χ3v) is 5.60. The van der Waals surface area contributed by atoms with Gasteiger partial charge in [-0.2, -0.15) is 0 Å². The number of ether oxygens (including phenoxy) is 2. The van der Waals surface area contributed by atoms with Gasteiger partial charge in [0.2, 0.25) is 6.04 Å². The monoisotopic (exact) mass is 263 g/mol. The van der Waals surface area contributed by atoms with Crippen LogP contribution in [-0.4, -0.2) is 30.0 Å². The Bertz CT molecular complexity index is 391. The smallest absolute Gasteiger partial charge is 0.223 e. The second kappa shape index (κ2) is 4.75. The van der Waals surface area contributed by atoms with Crippen molar-refractivity contribution in [3.05, 3.63) is 11.4 Å². The Hall–Kier alpha value is -0.590. The molecule has 3 nitrogen and oxygen atoms in total. The Labute approximate surface area is 116 Å². The second-order valence-corrected chi connectivity index (χ2v) is 7.00. The molecule has 0 amide bonds. The maximum atomic E-state index is 7.11. The van der Waals surface area contributed by atoms with Crippen LogP contribution in [0.1, 0.15) is 52.9 Å². The minimum absolute atomic E-state index is 0.0265. The molecule has 0 aromatic heterocycles. The van der Waals surface area contributed by atoms with E-state index >= 15 is 0 Å². The standard InChI is InChI=1S/C16H25NO2/c1-10-8-16-9-14(12(10)3)18-15(16)6-5-13(19-16)7-11(2)17-4/h10-15H,5-9H2,1-3H3/t10?,11-,12+,13-,14?,15+,16?/m1/s1. The number of nitrogens with zero attached hydrogens (tertiary/aromatic N) is 1. The molecule has 0 aromatic rings. The van der Waals surface area contributed by atoms with Crippen molar-refractivity contribution in [3.63, 3.8) is 0 Å². The van der Waals surface area contributed by atoms with E-state index in [0.29, 0.717) is 24.0 Å². The van der Waals surface area contributed by atoms with Crippen molar-refractivity contribution in [1.82, 2.24) is 0 Å². The predicted molar refractivity (Wildman–Crippen MR) is 73.7 cm³/mol. The summed E-state index contributed by atoms with van der Waals surface area (Å²) in [6.07, 6.45) is 6.24. The summed E-state index contributed by atoms with van der Waals surface area (Å²) in [7, 11) is 0. The average Bonchev–Trinajstić information content (AvgIpc) is 2.70. The van der Waals surface area contributed by atoms with Crippen LogP contribution in [0.2, 0.25) is 0 Å². The minimum atomic E-state index is -0.0265. The van der Waals surface area contributed by atoms with Crippen LogP contribution in [0, 0.1) is 18.4 Å². The minimum Gasteiger partial charge on any atom is -0.372 e. The topological polar surface area (TPSA) is 22.8 Å². The van der Waals surface area contributed by atoms with Gasteiger partial charge in [-0.05, 0) is 31.1 Å². The van der Waals surface area contributed by atoms with Gasteiger partial charge in [0.1, 0.15) is 0 Å². The van der Waals surface area contributed by atoms with Crippen LogP contribution in [0.4, 0.5) is 0 Å². The second-order valence-electron chi connectivity index (χ2n) is 7.00. The molecule has 2 saturated heterocycles. The highest BCUT2D eigenvalue weighted by molar-refractivity contribution is 5.07. The van der Waals surface area contributed by atoms with E-state index < -0.39 is 0 Å². The maximum absolute atomic E-state index is 7.11. The van der Waals surface area contributed by atoms with E-state index in [2.05, 4.69) is 18.7 Å². The molecule has 0 radical (unpaired) electrons. The molecular weight excluding hydrogens is 238 g/mol. The quantitative estimate of drug-likeness (QED) is 0.712. The predicted octanol–water partition coefficient (Wildman–Crippen LogP) is 3.44. The van der Waals surface area contributed by atoms with E-state index in [0.717, 1.165) is 32.1 Å². The van der Waals surface area contributed by atoms with E-state index in [4.69, 9.17) is 16.0 Å². The van der Waals surface area contributed by atoms with E-state index in [1.165, 1.54) is 0 Å². The Kier molecular flexibility index (Phi) is 3.35. The van der Waals surface area contributed by atoms with Crippen LogP contribution in [0.25, 0.3) is 4.85 Å². The average molecular weight is 263 g/mol. The highest BCUT2D eigenvalue weighted by Crippen LogP contribution is 2.53. The highest BCUT2D eigenvalue weighted by Gasteiger charge is 2.58. The first-order valence-corrected chi connectivity index (χ1v) is 7.74. The molecule has 19 heavy (non-hydrogen) atoms. The first-order chi connectivity index (χ1) is 9.04. The van der Waals surface area contributed by atoms with E-state index in [-0.39, 0.29) is 17.7 Å². The molecule has 3 heteroatoms. The van der Waals surface area contributed by atoms with Crippen molar-refractivity contribution in [2.24, 2.45) is 11.8 Å². The van der Waals surface area contributed by atoms with Crippen LogP contribution < -0.4 is 0 Å². The summed E-state index contributed by atoms with van der Waals surface area (Å²) in [5.74, 6) is 1.33. The third-order valence-electron chi connectivity index (χ3n) is 5.60. The molecule has 3 aliphatic rings. The zero-order valence-electron chi connectivity index (χ0n) is 12.3. The lowest BCUT2D eigenvalue weighted by molar-refractivity contribution is -0.170. The van der Waals surface area contributed by atoms with Gasteiger partial charge in [0.05, 0.1) is 23.9 Å². The van der Waals surface area contributed by atoms with Gasteiger partial charge in [0.15, 0.2) is 0 Å². The van der Waals surface area contributed by atoms with Crippen molar-refractivity contribution in [1.29, 1.82) is 0 Å².